The fraction of sp³-hybridized carbons (Fsp3) is 0.444. The molecule has 0 saturated heterocycles. The summed E-state index contributed by atoms with van der Waals surface area (Å²) in [4.78, 5) is 19.2. The number of aromatic nitrogens is 2. The molecule has 1 aliphatic carbocycles. The van der Waals surface area contributed by atoms with Crippen LogP contribution in [0.5, 0.6) is 5.88 Å². The number of rotatable bonds is 5. The summed E-state index contributed by atoms with van der Waals surface area (Å²) in [5.41, 5.74) is 2.67. The van der Waals surface area contributed by atoms with Crippen molar-refractivity contribution >= 4 is 17.2 Å². The van der Waals surface area contributed by atoms with Crippen LogP contribution in [0.2, 0.25) is 0 Å². The maximum absolute atomic E-state index is 11.6. The van der Waals surface area contributed by atoms with E-state index in [1.807, 2.05) is 32.0 Å². The van der Waals surface area contributed by atoms with E-state index < -0.39 is 4.92 Å². The summed E-state index contributed by atoms with van der Waals surface area (Å²) < 4.78 is 5.84. The van der Waals surface area contributed by atoms with Crippen LogP contribution in [0.3, 0.4) is 0 Å². The summed E-state index contributed by atoms with van der Waals surface area (Å²) in [6.45, 7) is 3.95. The normalized spacial score (nSPS) is 15.0. The molecule has 1 aliphatic rings. The third-order valence-electron chi connectivity index (χ3n) is 4.29. The molecule has 25 heavy (non-hydrogen) atoms. The Balaban J connectivity index is 1.90. The van der Waals surface area contributed by atoms with E-state index in [0.29, 0.717) is 0 Å². The van der Waals surface area contributed by atoms with E-state index in [0.717, 1.165) is 42.5 Å². The number of ether oxygens (including phenoxy) is 1. The van der Waals surface area contributed by atoms with Crippen LogP contribution in [0.25, 0.3) is 0 Å². The van der Waals surface area contributed by atoms with Crippen molar-refractivity contribution in [2.24, 2.45) is 0 Å². The minimum Gasteiger partial charge on any atom is -0.469 e. The second kappa shape index (κ2) is 7.46. The SMILES string of the molecule is Cc1cc(C)cc(Nc2ncnc(OC3CCCCC3)c2[N+](=O)[O-])c1. The standard InChI is InChI=1S/C18H22N4O3/c1-12-8-13(2)10-14(9-12)21-17-16(22(23)24)18(20-11-19-17)25-15-6-4-3-5-7-15/h8-11,15H,3-7H2,1-2H3,(H,19,20,21). The zero-order valence-electron chi connectivity index (χ0n) is 14.5. The molecule has 0 bridgehead atoms. The summed E-state index contributed by atoms with van der Waals surface area (Å²) in [6, 6.07) is 5.87. The van der Waals surface area contributed by atoms with Crippen molar-refractivity contribution in [3.63, 3.8) is 0 Å². The van der Waals surface area contributed by atoms with E-state index in [-0.39, 0.29) is 23.5 Å². The highest BCUT2D eigenvalue weighted by molar-refractivity contribution is 5.69. The third kappa shape index (κ3) is 4.23. The second-order valence-corrected chi connectivity index (χ2v) is 6.51. The van der Waals surface area contributed by atoms with Gasteiger partial charge >= 0.3 is 5.69 Å². The van der Waals surface area contributed by atoms with Gasteiger partial charge in [-0.2, -0.15) is 4.98 Å². The Bertz CT molecular complexity index is 753. The smallest absolute Gasteiger partial charge is 0.373 e. The number of hydrogen-bond donors (Lipinski definition) is 1. The molecule has 1 aromatic carbocycles. The second-order valence-electron chi connectivity index (χ2n) is 6.51. The molecule has 1 saturated carbocycles. The molecule has 3 rings (SSSR count). The molecule has 7 heteroatoms. The number of nitro groups is 1. The van der Waals surface area contributed by atoms with Crippen LogP contribution in [0, 0.1) is 24.0 Å². The van der Waals surface area contributed by atoms with Gasteiger partial charge in [0.05, 0.1) is 4.92 Å². The van der Waals surface area contributed by atoms with Gasteiger partial charge in [0.1, 0.15) is 12.4 Å². The Kier molecular flexibility index (Phi) is 5.11. The molecule has 0 atom stereocenters. The van der Waals surface area contributed by atoms with Crippen molar-refractivity contribution in [1.82, 2.24) is 9.97 Å². The van der Waals surface area contributed by atoms with Gasteiger partial charge in [0.25, 0.3) is 5.88 Å². The fourth-order valence-electron chi connectivity index (χ4n) is 3.23. The van der Waals surface area contributed by atoms with Crippen molar-refractivity contribution in [1.29, 1.82) is 0 Å². The van der Waals surface area contributed by atoms with Gasteiger partial charge in [-0.3, -0.25) is 10.1 Å². The number of benzene rings is 1. The van der Waals surface area contributed by atoms with Crippen LogP contribution in [-0.4, -0.2) is 21.0 Å². The van der Waals surface area contributed by atoms with E-state index in [4.69, 9.17) is 4.74 Å². The molecule has 2 aromatic rings. The van der Waals surface area contributed by atoms with Crippen molar-refractivity contribution in [2.75, 3.05) is 5.32 Å². The maximum Gasteiger partial charge on any atom is 0.373 e. The summed E-state index contributed by atoms with van der Waals surface area (Å²) >= 11 is 0. The van der Waals surface area contributed by atoms with Gasteiger partial charge in [-0.15, -0.1) is 0 Å². The molecular formula is C18H22N4O3. The first kappa shape index (κ1) is 17.1. The average molecular weight is 342 g/mol. The first-order valence-electron chi connectivity index (χ1n) is 8.54. The van der Waals surface area contributed by atoms with Gasteiger partial charge in [-0.25, -0.2) is 4.98 Å². The first-order chi connectivity index (χ1) is 12.0. The van der Waals surface area contributed by atoms with Crippen molar-refractivity contribution < 1.29 is 9.66 Å². The van der Waals surface area contributed by atoms with Crippen LogP contribution in [0.4, 0.5) is 17.2 Å². The molecule has 1 N–H and O–H groups in total. The van der Waals surface area contributed by atoms with Crippen LogP contribution in [0.15, 0.2) is 24.5 Å². The van der Waals surface area contributed by atoms with E-state index in [9.17, 15) is 10.1 Å². The minimum atomic E-state index is -0.483. The van der Waals surface area contributed by atoms with Crippen LogP contribution >= 0.6 is 0 Å². The lowest BCUT2D eigenvalue weighted by atomic mass is 9.98. The molecule has 132 valence electrons. The van der Waals surface area contributed by atoms with Crippen molar-refractivity contribution in [3.8, 4) is 5.88 Å². The van der Waals surface area contributed by atoms with Gasteiger partial charge in [-0.05, 0) is 62.8 Å². The van der Waals surface area contributed by atoms with Crippen molar-refractivity contribution in [2.45, 2.75) is 52.1 Å². The monoisotopic (exact) mass is 342 g/mol. The number of aryl methyl sites for hydroxylation is 2. The van der Waals surface area contributed by atoms with E-state index in [1.54, 1.807) is 0 Å². The van der Waals surface area contributed by atoms with Gasteiger partial charge in [0.2, 0.25) is 5.82 Å². The largest absolute Gasteiger partial charge is 0.469 e. The van der Waals surface area contributed by atoms with E-state index >= 15 is 0 Å². The highest BCUT2D eigenvalue weighted by atomic mass is 16.6. The Morgan fingerprint density at radius 2 is 1.80 bits per heavy atom. The molecule has 0 aliphatic heterocycles. The van der Waals surface area contributed by atoms with Crippen LogP contribution in [0.1, 0.15) is 43.2 Å². The minimum absolute atomic E-state index is 0.0172. The Morgan fingerprint density at radius 1 is 1.12 bits per heavy atom. The summed E-state index contributed by atoms with van der Waals surface area (Å²) in [5, 5.41) is 14.7. The maximum atomic E-state index is 11.6. The highest BCUT2D eigenvalue weighted by Gasteiger charge is 2.27. The molecule has 0 amide bonds. The lowest BCUT2D eigenvalue weighted by molar-refractivity contribution is -0.385. The fourth-order valence-corrected chi connectivity index (χ4v) is 3.23. The summed E-state index contributed by atoms with van der Waals surface area (Å²) in [5.74, 6) is 0.189. The molecule has 1 heterocycles. The quantitative estimate of drug-likeness (QED) is 0.637. The van der Waals surface area contributed by atoms with Gasteiger partial charge in [0.15, 0.2) is 0 Å². The number of anilines is 2. The lowest BCUT2D eigenvalue weighted by Gasteiger charge is -2.22. The lowest BCUT2D eigenvalue weighted by Crippen LogP contribution is -2.21. The Labute approximate surface area is 146 Å². The third-order valence-corrected chi connectivity index (χ3v) is 4.29. The topological polar surface area (TPSA) is 90.2 Å². The molecule has 1 fully saturated rings. The zero-order valence-corrected chi connectivity index (χ0v) is 14.5. The number of nitrogens with zero attached hydrogens (tertiary/aromatic N) is 3. The van der Waals surface area contributed by atoms with Crippen LogP contribution in [-0.2, 0) is 0 Å². The predicted octanol–water partition coefficient (Wildman–Crippen LogP) is 4.46. The Morgan fingerprint density at radius 3 is 2.44 bits per heavy atom. The van der Waals surface area contributed by atoms with E-state index in [1.165, 1.54) is 12.7 Å². The first-order valence-corrected chi connectivity index (χ1v) is 8.54. The van der Waals surface area contributed by atoms with Crippen LogP contribution < -0.4 is 10.1 Å². The predicted molar refractivity (Wildman–Crippen MR) is 95.4 cm³/mol. The molecular weight excluding hydrogens is 320 g/mol. The molecule has 0 spiro atoms. The molecule has 1 aromatic heterocycles. The molecule has 7 nitrogen and oxygen atoms in total. The Hall–Kier alpha value is -2.70. The number of hydrogen-bond acceptors (Lipinski definition) is 6. The molecule has 0 unspecified atom stereocenters. The summed E-state index contributed by atoms with van der Waals surface area (Å²) in [6.07, 6.45) is 6.44. The van der Waals surface area contributed by atoms with Gasteiger partial charge in [0, 0.05) is 5.69 Å². The van der Waals surface area contributed by atoms with Gasteiger partial charge < -0.3 is 10.1 Å². The highest BCUT2D eigenvalue weighted by Crippen LogP contribution is 2.35. The molecule has 0 radical (unpaired) electrons. The zero-order chi connectivity index (χ0) is 17.8. The van der Waals surface area contributed by atoms with Gasteiger partial charge in [-0.1, -0.05) is 12.5 Å². The number of nitrogens with one attached hydrogen (secondary N) is 1. The van der Waals surface area contributed by atoms with Crippen molar-refractivity contribution in [3.05, 3.63) is 45.8 Å². The van der Waals surface area contributed by atoms with E-state index in [2.05, 4.69) is 15.3 Å². The average Bonchev–Trinajstić information content (AvgIpc) is 2.54. The summed E-state index contributed by atoms with van der Waals surface area (Å²) in [7, 11) is 0.